The van der Waals surface area contributed by atoms with E-state index in [1.165, 1.54) is 17.7 Å². The minimum Gasteiger partial charge on any atom is -0.487 e. The van der Waals surface area contributed by atoms with Gasteiger partial charge in [0.25, 0.3) is 5.91 Å². The van der Waals surface area contributed by atoms with Crippen LogP contribution in [0.15, 0.2) is 60.2 Å². The molecule has 0 bridgehead atoms. The molecule has 4 aromatic rings. The minimum absolute atomic E-state index is 0.206. The van der Waals surface area contributed by atoms with E-state index in [1.54, 1.807) is 35.0 Å². The van der Waals surface area contributed by atoms with Crippen molar-refractivity contribution >= 4 is 58.0 Å². The lowest BCUT2D eigenvalue weighted by atomic mass is 10.2. The average Bonchev–Trinajstić information content (AvgIpc) is 3.39. The lowest BCUT2D eigenvalue weighted by Gasteiger charge is -2.06. The largest absolute Gasteiger partial charge is 0.487 e. The van der Waals surface area contributed by atoms with E-state index in [0.717, 1.165) is 11.1 Å². The first-order valence-corrected chi connectivity index (χ1v) is 11.1. The van der Waals surface area contributed by atoms with Gasteiger partial charge in [0.15, 0.2) is 0 Å². The SMILES string of the molecule is O=C(Nc1ncn(Cc2ccc(Cl)cc2Cl)n1)c1cc(COc2ccccc2Cl)cs1. The Kier molecular flexibility index (Phi) is 6.77. The Morgan fingerprint density at radius 3 is 2.74 bits per heavy atom. The van der Waals surface area contributed by atoms with Gasteiger partial charge in [-0.25, -0.2) is 9.67 Å². The third kappa shape index (κ3) is 5.57. The second-order valence-electron chi connectivity index (χ2n) is 6.49. The van der Waals surface area contributed by atoms with Crippen LogP contribution in [0.1, 0.15) is 20.8 Å². The topological polar surface area (TPSA) is 69.0 Å². The Morgan fingerprint density at radius 2 is 1.94 bits per heavy atom. The van der Waals surface area contributed by atoms with Gasteiger partial charge in [-0.05, 0) is 41.3 Å². The van der Waals surface area contributed by atoms with Gasteiger partial charge in [-0.2, -0.15) is 0 Å². The maximum Gasteiger partial charge on any atom is 0.268 e. The predicted molar refractivity (Wildman–Crippen MR) is 124 cm³/mol. The fourth-order valence-electron chi connectivity index (χ4n) is 2.71. The first-order valence-electron chi connectivity index (χ1n) is 9.07. The van der Waals surface area contributed by atoms with Crippen LogP contribution in [0.4, 0.5) is 5.95 Å². The summed E-state index contributed by atoms with van der Waals surface area (Å²) in [4.78, 5) is 17.2. The molecule has 0 unspecified atom stereocenters. The summed E-state index contributed by atoms with van der Waals surface area (Å²) in [6.07, 6.45) is 1.53. The van der Waals surface area contributed by atoms with E-state index in [4.69, 9.17) is 39.5 Å². The number of anilines is 1. The van der Waals surface area contributed by atoms with Crippen molar-refractivity contribution in [2.45, 2.75) is 13.2 Å². The lowest BCUT2D eigenvalue weighted by Crippen LogP contribution is -2.12. The molecular formula is C21H15Cl3N4O2S. The third-order valence-corrected chi connectivity index (χ3v) is 6.09. The number of amides is 1. The molecule has 2 aromatic carbocycles. The highest BCUT2D eigenvalue weighted by Crippen LogP contribution is 2.25. The van der Waals surface area contributed by atoms with E-state index in [2.05, 4.69) is 15.4 Å². The fourth-order valence-corrected chi connectivity index (χ4v) is 4.16. The second-order valence-corrected chi connectivity index (χ2v) is 8.66. The van der Waals surface area contributed by atoms with Crippen LogP contribution in [0.3, 0.4) is 0 Å². The maximum atomic E-state index is 12.5. The van der Waals surface area contributed by atoms with Crippen LogP contribution in [-0.4, -0.2) is 20.7 Å². The van der Waals surface area contributed by atoms with Crippen LogP contribution in [0.25, 0.3) is 0 Å². The van der Waals surface area contributed by atoms with Gasteiger partial charge in [-0.15, -0.1) is 16.4 Å². The summed E-state index contributed by atoms with van der Waals surface area (Å²) in [5, 5.41) is 10.5. The number of nitrogens with zero attached hydrogens (tertiary/aromatic N) is 3. The molecular weight excluding hydrogens is 479 g/mol. The Bertz CT molecular complexity index is 1220. The third-order valence-electron chi connectivity index (χ3n) is 4.22. The van der Waals surface area contributed by atoms with Crippen LogP contribution >= 0.6 is 46.1 Å². The molecule has 0 atom stereocenters. The van der Waals surface area contributed by atoms with Gasteiger partial charge >= 0.3 is 0 Å². The number of rotatable bonds is 7. The van der Waals surface area contributed by atoms with Crippen molar-refractivity contribution in [2.24, 2.45) is 0 Å². The summed E-state index contributed by atoms with van der Waals surface area (Å²) in [5.74, 6) is 0.505. The number of carbonyl (C=O) groups excluding carboxylic acids is 1. The summed E-state index contributed by atoms with van der Waals surface area (Å²) in [7, 11) is 0. The van der Waals surface area contributed by atoms with Crippen LogP contribution in [0.2, 0.25) is 15.1 Å². The molecule has 2 heterocycles. The highest BCUT2D eigenvalue weighted by atomic mass is 35.5. The number of para-hydroxylation sites is 1. The molecule has 0 aliphatic carbocycles. The highest BCUT2D eigenvalue weighted by molar-refractivity contribution is 7.12. The van der Waals surface area contributed by atoms with Gasteiger partial charge < -0.3 is 4.74 Å². The molecule has 0 saturated heterocycles. The van der Waals surface area contributed by atoms with Gasteiger partial charge in [-0.3, -0.25) is 10.1 Å². The molecule has 0 fully saturated rings. The van der Waals surface area contributed by atoms with E-state index in [0.29, 0.717) is 38.8 Å². The number of thiophene rings is 1. The van der Waals surface area contributed by atoms with Crippen molar-refractivity contribution in [3.8, 4) is 5.75 Å². The van der Waals surface area contributed by atoms with Gasteiger partial charge in [-0.1, -0.05) is 53.0 Å². The average molecular weight is 494 g/mol. The molecule has 2 aromatic heterocycles. The van der Waals surface area contributed by atoms with E-state index >= 15 is 0 Å². The molecule has 1 amide bonds. The number of nitrogens with one attached hydrogen (secondary N) is 1. The van der Waals surface area contributed by atoms with E-state index in [9.17, 15) is 4.79 Å². The lowest BCUT2D eigenvalue weighted by molar-refractivity contribution is 0.102. The van der Waals surface area contributed by atoms with Gasteiger partial charge in [0.05, 0.1) is 16.4 Å². The first-order chi connectivity index (χ1) is 15.0. The summed E-state index contributed by atoms with van der Waals surface area (Å²) >= 11 is 19.5. The number of hydrogen-bond donors (Lipinski definition) is 1. The Hall–Kier alpha value is -2.58. The number of benzene rings is 2. The second kappa shape index (κ2) is 9.70. The Morgan fingerprint density at radius 1 is 1.10 bits per heavy atom. The van der Waals surface area contributed by atoms with Gasteiger partial charge in [0.1, 0.15) is 18.7 Å². The number of carbonyl (C=O) groups is 1. The van der Waals surface area contributed by atoms with Crippen LogP contribution in [0.5, 0.6) is 5.75 Å². The Balaban J connectivity index is 1.35. The van der Waals surface area contributed by atoms with Crippen molar-refractivity contribution in [3.05, 3.63) is 91.3 Å². The van der Waals surface area contributed by atoms with Crippen LogP contribution in [-0.2, 0) is 13.2 Å². The maximum absolute atomic E-state index is 12.5. The minimum atomic E-state index is -0.295. The smallest absolute Gasteiger partial charge is 0.268 e. The standard InChI is InChI=1S/C21H15Cl3N4O2S/c22-15-6-5-14(17(24)8-15)9-28-12-25-21(27-28)26-20(29)19-7-13(11-31-19)10-30-18-4-2-1-3-16(18)23/h1-8,11-12H,9-10H2,(H,26,27,29). The molecule has 10 heteroatoms. The zero-order valence-electron chi connectivity index (χ0n) is 15.9. The van der Waals surface area contributed by atoms with Crippen LogP contribution in [0, 0.1) is 0 Å². The molecule has 4 rings (SSSR count). The predicted octanol–water partition coefficient (Wildman–Crippen LogP) is 6.18. The van der Waals surface area contributed by atoms with Gasteiger partial charge in [0, 0.05) is 15.6 Å². The summed E-state index contributed by atoms with van der Waals surface area (Å²) < 4.78 is 7.29. The molecule has 0 saturated carbocycles. The fraction of sp³-hybridized carbons (Fsp3) is 0.0952. The number of halogens is 3. The molecule has 158 valence electrons. The zero-order chi connectivity index (χ0) is 21.8. The summed E-state index contributed by atoms with van der Waals surface area (Å²) in [6, 6.07) is 14.2. The van der Waals surface area contributed by atoms with Crippen molar-refractivity contribution in [3.63, 3.8) is 0 Å². The van der Waals surface area contributed by atoms with E-state index < -0.39 is 0 Å². The molecule has 0 aliphatic heterocycles. The molecule has 6 nitrogen and oxygen atoms in total. The number of aromatic nitrogens is 3. The number of hydrogen-bond acceptors (Lipinski definition) is 5. The van der Waals surface area contributed by atoms with Crippen molar-refractivity contribution < 1.29 is 9.53 Å². The molecule has 1 N–H and O–H groups in total. The monoisotopic (exact) mass is 492 g/mol. The van der Waals surface area contributed by atoms with E-state index in [1.807, 2.05) is 23.6 Å². The number of ether oxygens (including phenoxy) is 1. The molecule has 31 heavy (non-hydrogen) atoms. The van der Waals surface area contributed by atoms with Crippen molar-refractivity contribution in [1.29, 1.82) is 0 Å². The Labute approximate surface area is 197 Å². The molecule has 0 radical (unpaired) electrons. The zero-order valence-corrected chi connectivity index (χ0v) is 19.0. The van der Waals surface area contributed by atoms with Crippen LogP contribution < -0.4 is 10.1 Å². The van der Waals surface area contributed by atoms with Crippen molar-refractivity contribution in [1.82, 2.24) is 14.8 Å². The summed E-state index contributed by atoms with van der Waals surface area (Å²) in [5.41, 5.74) is 1.71. The highest BCUT2D eigenvalue weighted by Gasteiger charge is 2.13. The van der Waals surface area contributed by atoms with E-state index in [-0.39, 0.29) is 11.9 Å². The van der Waals surface area contributed by atoms with Crippen molar-refractivity contribution in [2.75, 3.05) is 5.32 Å². The quantitative estimate of drug-likeness (QED) is 0.334. The molecule has 0 spiro atoms. The molecule has 0 aliphatic rings. The van der Waals surface area contributed by atoms with Gasteiger partial charge in [0.2, 0.25) is 5.95 Å². The normalized spacial score (nSPS) is 10.8. The summed E-state index contributed by atoms with van der Waals surface area (Å²) in [6.45, 7) is 0.712. The first kappa shape index (κ1) is 21.6.